The van der Waals surface area contributed by atoms with Gasteiger partial charge in [-0.15, -0.1) is 0 Å². The number of nitrogens with one attached hydrogen (secondary N) is 2. The molecule has 1 heterocycles. The Labute approximate surface area is 144 Å². The monoisotopic (exact) mass is 344 g/mol. The molecule has 0 aliphatic carbocycles. The maximum absolute atomic E-state index is 12.6. The van der Waals surface area contributed by atoms with Gasteiger partial charge in [0, 0.05) is 23.7 Å². The molecule has 1 atom stereocenters. The van der Waals surface area contributed by atoms with Crippen molar-refractivity contribution in [1.82, 2.24) is 10.2 Å². The summed E-state index contributed by atoms with van der Waals surface area (Å²) >= 11 is 0. The number of hydrogen-bond donors (Lipinski definition) is 3. The van der Waals surface area contributed by atoms with Crippen LogP contribution in [0.4, 0.5) is 10.6 Å². The SMILES string of the molecule is Cc1cc(NC(=O)c2c(C)cccc2CC(=O)C(C)OC(N)=O)n[nH]1. The van der Waals surface area contributed by atoms with E-state index in [-0.39, 0.29) is 18.1 Å². The van der Waals surface area contributed by atoms with Gasteiger partial charge in [0.25, 0.3) is 5.91 Å². The minimum atomic E-state index is -1.02. The van der Waals surface area contributed by atoms with Crippen molar-refractivity contribution in [3.63, 3.8) is 0 Å². The Hall–Kier alpha value is -3.16. The molecule has 1 unspecified atom stereocenters. The van der Waals surface area contributed by atoms with E-state index in [2.05, 4.69) is 20.3 Å². The second kappa shape index (κ2) is 7.61. The summed E-state index contributed by atoms with van der Waals surface area (Å²) in [7, 11) is 0. The summed E-state index contributed by atoms with van der Waals surface area (Å²) in [6.45, 7) is 5.04. The Morgan fingerprint density at radius 3 is 2.64 bits per heavy atom. The van der Waals surface area contributed by atoms with E-state index >= 15 is 0 Å². The predicted molar refractivity (Wildman–Crippen MR) is 91.3 cm³/mol. The number of primary amides is 1. The normalized spacial score (nSPS) is 11.6. The minimum absolute atomic E-state index is 0.0571. The van der Waals surface area contributed by atoms with Gasteiger partial charge in [-0.05, 0) is 31.9 Å². The highest BCUT2D eigenvalue weighted by Gasteiger charge is 2.21. The van der Waals surface area contributed by atoms with Crippen LogP contribution in [0, 0.1) is 13.8 Å². The topological polar surface area (TPSA) is 127 Å². The standard InChI is InChI=1S/C17H20N4O4/c1-9-5-4-6-12(8-13(22)11(3)25-17(18)24)15(9)16(23)19-14-7-10(2)20-21-14/h4-7,11H,8H2,1-3H3,(H2,18,24)(H2,19,20,21,23). The van der Waals surface area contributed by atoms with Crippen molar-refractivity contribution < 1.29 is 19.1 Å². The number of aromatic nitrogens is 2. The van der Waals surface area contributed by atoms with E-state index in [4.69, 9.17) is 5.73 Å². The lowest BCUT2D eigenvalue weighted by atomic mass is 9.96. The first-order valence-electron chi connectivity index (χ1n) is 7.68. The van der Waals surface area contributed by atoms with E-state index in [0.29, 0.717) is 16.9 Å². The molecule has 25 heavy (non-hydrogen) atoms. The van der Waals surface area contributed by atoms with Crippen LogP contribution in [0.3, 0.4) is 0 Å². The van der Waals surface area contributed by atoms with Crippen LogP contribution < -0.4 is 11.1 Å². The first-order valence-corrected chi connectivity index (χ1v) is 7.68. The zero-order valence-electron chi connectivity index (χ0n) is 14.3. The number of aromatic amines is 1. The summed E-state index contributed by atoms with van der Waals surface area (Å²) < 4.78 is 4.69. The Morgan fingerprint density at radius 1 is 1.32 bits per heavy atom. The number of amides is 2. The lowest BCUT2D eigenvalue weighted by Gasteiger charge is -2.14. The molecule has 0 aliphatic heterocycles. The number of anilines is 1. The highest BCUT2D eigenvalue weighted by atomic mass is 16.6. The number of benzene rings is 1. The molecule has 132 valence electrons. The number of nitrogens with two attached hydrogens (primary N) is 1. The number of Topliss-reactive ketones (excluding diaryl/α,β-unsaturated/α-hetero) is 1. The molecule has 0 bridgehead atoms. The van der Waals surface area contributed by atoms with Crippen molar-refractivity contribution >= 4 is 23.6 Å². The van der Waals surface area contributed by atoms with Crippen LogP contribution in [0.1, 0.15) is 34.1 Å². The summed E-state index contributed by atoms with van der Waals surface area (Å²) in [6.07, 6.45) is -2.06. The summed E-state index contributed by atoms with van der Waals surface area (Å²) in [5.41, 5.74) is 7.39. The number of hydrogen-bond acceptors (Lipinski definition) is 5. The number of ether oxygens (including phenoxy) is 1. The lowest BCUT2D eigenvalue weighted by Crippen LogP contribution is -2.29. The first kappa shape index (κ1) is 18.2. The molecule has 0 fully saturated rings. The Bertz CT molecular complexity index is 813. The van der Waals surface area contributed by atoms with E-state index in [0.717, 1.165) is 11.3 Å². The number of carbonyl (C=O) groups is 3. The molecule has 1 aromatic carbocycles. The molecule has 8 nitrogen and oxygen atoms in total. The maximum Gasteiger partial charge on any atom is 0.405 e. The fourth-order valence-corrected chi connectivity index (χ4v) is 2.43. The van der Waals surface area contributed by atoms with Crippen LogP contribution in [0.5, 0.6) is 0 Å². The lowest BCUT2D eigenvalue weighted by molar-refractivity contribution is -0.125. The third kappa shape index (κ3) is 4.66. The van der Waals surface area contributed by atoms with Crippen molar-refractivity contribution in [1.29, 1.82) is 0 Å². The van der Waals surface area contributed by atoms with Crippen LogP contribution in [-0.2, 0) is 16.0 Å². The maximum atomic E-state index is 12.6. The zero-order valence-corrected chi connectivity index (χ0v) is 14.3. The van der Waals surface area contributed by atoms with Gasteiger partial charge in [0.15, 0.2) is 17.7 Å². The van der Waals surface area contributed by atoms with Gasteiger partial charge >= 0.3 is 6.09 Å². The third-order valence-electron chi connectivity index (χ3n) is 3.64. The van der Waals surface area contributed by atoms with E-state index in [9.17, 15) is 14.4 Å². The largest absolute Gasteiger partial charge is 0.439 e. The van der Waals surface area contributed by atoms with Crippen LogP contribution in [0.15, 0.2) is 24.3 Å². The van der Waals surface area contributed by atoms with Gasteiger partial charge in [0.2, 0.25) is 0 Å². The minimum Gasteiger partial charge on any atom is -0.439 e. The molecule has 2 rings (SSSR count). The molecule has 4 N–H and O–H groups in total. The number of H-pyrrole nitrogens is 1. The predicted octanol–water partition coefficient (Wildman–Crippen LogP) is 1.87. The van der Waals surface area contributed by atoms with E-state index in [1.165, 1.54) is 6.92 Å². The zero-order chi connectivity index (χ0) is 18.6. The van der Waals surface area contributed by atoms with Crippen molar-refractivity contribution in [3.8, 4) is 0 Å². The molecule has 8 heteroatoms. The van der Waals surface area contributed by atoms with Gasteiger partial charge in [-0.2, -0.15) is 5.10 Å². The molecule has 0 saturated carbocycles. The number of carbonyl (C=O) groups excluding carboxylic acids is 3. The van der Waals surface area contributed by atoms with Gasteiger partial charge in [0.1, 0.15) is 0 Å². The van der Waals surface area contributed by atoms with E-state index in [1.54, 1.807) is 31.2 Å². The molecular weight excluding hydrogens is 324 g/mol. The highest BCUT2D eigenvalue weighted by molar-refractivity contribution is 6.06. The quantitative estimate of drug-likeness (QED) is 0.737. The second-order valence-corrected chi connectivity index (χ2v) is 5.72. The molecule has 0 spiro atoms. The molecule has 2 amide bonds. The van der Waals surface area contributed by atoms with Gasteiger partial charge < -0.3 is 15.8 Å². The Morgan fingerprint density at radius 2 is 2.04 bits per heavy atom. The van der Waals surface area contributed by atoms with Gasteiger partial charge in [-0.1, -0.05) is 18.2 Å². The van der Waals surface area contributed by atoms with E-state index in [1.807, 2.05) is 6.92 Å². The third-order valence-corrected chi connectivity index (χ3v) is 3.64. The summed E-state index contributed by atoms with van der Waals surface area (Å²) in [5.74, 6) is -0.321. The average molecular weight is 344 g/mol. The van der Waals surface area contributed by atoms with Gasteiger partial charge in [0.05, 0.1) is 0 Å². The summed E-state index contributed by atoms with van der Waals surface area (Å²) in [4.78, 5) is 35.6. The molecule has 0 aliphatic rings. The number of ketones is 1. The van der Waals surface area contributed by atoms with Gasteiger partial charge in [-0.25, -0.2) is 4.79 Å². The molecule has 0 radical (unpaired) electrons. The molecule has 2 aromatic rings. The van der Waals surface area contributed by atoms with Crippen LogP contribution >= 0.6 is 0 Å². The Kier molecular flexibility index (Phi) is 5.53. The second-order valence-electron chi connectivity index (χ2n) is 5.72. The Balaban J connectivity index is 2.22. The molecule has 0 saturated heterocycles. The molecule has 1 aromatic heterocycles. The van der Waals surface area contributed by atoms with E-state index < -0.39 is 12.2 Å². The highest BCUT2D eigenvalue weighted by Crippen LogP contribution is 2.18. The fraction of sp³-hybridized carbons (Fsp3) is 0.294. The average Bonchev–Trinajstić information content (AvgIpc) is 2.91. The fourth-order valence-electron chi connectivity index (χ4n) is 2.43. The smallest absolute Gasteiger partial charge is 0.405 e. The number of rotatable bonds is 6. The van der Waals surface area contributed by atoms with Crippen molar-refractivity contribution in [2.75, 3.05) is 5.32 Å². The first-order chi connectivity index (χ1) is 11.8. The van der Waals surface area contributed by atoms with Crippen molar-refractivity contribution in [2.24, 2.45) is 5.73 Å². The number of aryl methyl sites for hydroxylation is 2. The van der Waals surface area contributed by atoms with Gasteiger partial charge in [-0.3, -0.25) is 14.7 Å². The van der Waals surface area contributed by atoms with Crippen LogP contribution in [0.25, 0.3) is 0 Å². The van der Waals surface area contributed by atoms with Crippen LogP contribution in [0.2, 0.25) is 0 Å². The van der Waals surface area contributed by atoms with Crippen LogP contribution in [-0.4, -0.2) is 34.1 Å². The van der Waals surface area contributed by atoms with Crippen molar-refractivity contribution in [3.05, 3.63) is 46.6 Å². The van der Waals surface area contributed by atoms with Crippen molar-refractivity contribution in [2.45, 2.75) is 33.3 Å². The number of nitrogens with zero attached hydrogens (tertiary/aromatic N) is 1. The summed E-state index contributed by atoms with van der Waals surface area (Å²) in [6, 6.07) is 6.92. The summed E-state index contributed by atoms with van der Waals surface area (Å²) in [5, 5.41) is 9.41. The molecular formula is C17H20N4O4.